The maximum Gasteiger partial charge on any atom is 0.277 e. The van der Waals surface area contributed by atoms with Crippen molar-refractivity contribution in [2.75, 3.05) is 5.32 Å². The van der Waals surface area contributed by atoms with Crippen LogP contribution in [0.4, 0.5) is 17.1 Å². The van der Waals surface area contributed by atoms with Crippen molar-refractivity contribution in [3.63, 3.8) is 0 Å². The van der Waals surface area contributed by atoms with Gasteiger partial charge in [-0.3, -0.25) is 50.8 Å². The fourth-order valence-electron chi connectivity index (χ4n) is 2.24. The number of rotatable bonds is 5. The molecule has 14 heteroatoms. The van der Waals surface area contributed by atoms with Gasteiger partial charge < -0.3 is 5.32 Å². The molecule has 0 unspecified atom stereocenters. The molecule has 0 bridgehead atoms. The topological polar surface area (TPSA) is 186 Å². The van der Waals surface area contributed by atoms with Gasteiger partial charge in [-0.15, -0.1) is 0 Å². The molecule has 2 aromatic rings. The number of anilines is 1. The molecule has 4 N–H and O–H groups in total. The molecule has 0 aromatic heterocycles. The van der Waals surface area contributed by atoms with E-state index in [1.54, 1.807) is 0 Å². The summed E-state index contributed by atoms with van der Waals surface area (Å²) in [6.07, 6.45) is 0. The van der Waals surface area contributed by atoms with E-state index in [1.807, 2.05) is 0 Å². The van der Waals surface area contributed by atoms with Crippen molar-refractivity contribution in [1.29, 1.82) is 0 Å². The van der Waals surface area contributed by atoms with Crippen molar-refractivity contribution in [2.24, 2.45) is 0 Å². The van der Waals surface area contributed by atoms with E-state index in [0.717, 1.165) is 12.1 Å². The normalized spacial score (nSPS) is 9.84. The third-order valence-electron chi connectivity index (χ3n) is 3.57. The second-order valence-corrected chi connectivity index (χ2v) is 6.28. The number of nitrogens with zero attached hydrogens (tertiary/aromatic N) is 2. The third-order valence-corrected chi connectivity index (χ3v) is 3.77. The number of nitro groups is 2. The predicted molar refractivity (Wildman–Crippen MR) is 111 cm³/mol. The first kappa shape index (κ1) is 22.8. The Kier molecular flexibility index (Phi) is 7.24. The molecule has 13 nitrogen and oxygen atoms in total. The van der Waals surface area contributed by atoms with Crippen LogP contribution >= 0.6 is 12.2 Å². The number of benzene rings is 2. The maximum absolute atomic E-state index is 12.2. The summed E-state index contributed by atoms with van der Waals surface area (Å²) in [7, 11) is 0. The Morgan fingerprint density at radius 3 is 1.87 bits per heavy atom. The van der Waals surface area contributed by atoms with Crippen molar-refractivity contribution in [2.45, 2.75) is 6.92 Å². The molecule has 31 heavy (non-hydrogen) atoms. The molecule has 0 spiro atoms. The van der Waals surface area contributed by atoms with E-state index in [9.17, 15) is 34.6 Å². The van der Waals surface area contributed by atoms with Gasteiger partial charge in [0, 0.05) is 30.3 Å². The molecule has 0 aliphatic carbocycles. The molecule has 0 radical (unpaired) electrons. The minimum Gasteiger partial charge on any atom is -0.326 e. The number of hydrogen-bond acceptors (Lipinski definition) is 8. The zero-order valence-electron chi connectivity index (χ0n) is 15.7. The van der Waals surface area contributed by atoms with Gasteiger partial charge in [0.05, 0.1) is 21.5 Å². The first-order valence-corrected chi connectivity index (χ1v) is 8.71. The van der Waals surface area contributed by atoms with Gasteiger partial charge >= 0.3 is 0 Å². The number of amides is 3. The summed E-state index contributed by atoms with van der Waals surface area (Å²) in [5, 5.41) is 26.1. The van der Waals surface area contributed by atoms with Crippen LogP contribution in [0.1, 0.15) is 27.6 Å². The second kappa shape index (κ2) is 9.84. The van der Waals surface area contributed by atoms with Gasteiger partial charge in [-0.2, -0.15) is 0 Å². The molecule has 0 aliphatic heterocycles. The van der Waals surface area contributed by atoms with E-state index in [0.29, 0.717) is 11.8 Å². The highest BCUT2D eigenvalue weighted by molar-refractivity contribution is 7.80. The summed E-state index contributed by atoms with van der Waals surface area (Å²) in [6, 6.07) is 8.29. The van der Waals surface area contributed by atoms with Crippen LogP contribution in [0.3, 0.4) is 0 Å². The molecular formula is C17H14N6O7S. The maximum atomic E-state index is 12.2. The molecule has 0 aliphatic rings. The van der Waals surface area contributed by atoms with Crippen LogP contribution in [0.15, 0.2) is 42.5 Å². The summed E-state index contributed by atoms with van der Waals surface area (Å²) in [5.41, 5.74) is 3.54. The van der Waals surface area contributed by atoms with E-state index in [4.69, 9.17) is 12.2 Å². The summed E-state index contributed by atoms with van der Waals surface area (Å²) >= 11 is 4.86. The third kappa shape index (κ3) is 6.53. The van der Waals surface area contributed by atoms with Crippen LogP contribution in [-0.2, 0) is 4.79 Å². The average molecular weight is 446 g/mol. The highest BCUT2D eigenvalue weighted by Crippen LogP contribution is 2.22. The van der Waals surface area contributed by atoms with E-state index in [2.05, 4.69) is 21.5 Å². The summed E-state index contributed by atoms with van der Waals surface area (Å²) < 4.78 is 0. The standard InChI is InChI=1S/C17H14N6O7S/c1-9(24)18-12-4-2-10(3-5-12)16(26)20-21-17(31)19-15(25)11-6-13(22(27)28)8-14(7-11)23(29)30/h2-8H,1H3,(H,18,24)(H,20,26)(H2,19,21,25,31). The summed E-state index contributed by atoms with van der Waals surface area (Å²) in [4.78, 5) is 55.3. The zero-order chi connectivity index (χ0) is 23.1. The number of hydrazine groups is 1. The number of carbonyl (C=O) groups is 3. The predicted octanol–water partition coefficient (Wildman–Crippen LogP) is 1.41. The van der Waals surface area contributed by atoms with Crippen LogP contribution < -0.4 is 21.5 Å². The number of nitrogens with one attached hydrogen (secondary N) is 4. The minimum atomic E-state index is -0.960. The van der Waals surface area contributed by atoms with Crippen LogP contribution in [0.25, 0.3) is 0 Å². The summed E-state index contributed by atoms with van der Waals surface area (Å²) in [6.45, 7) is 1.34. The lowest BCUT2D eigenvalue weighted by atomic mass is 10.1. The van der Waals surface area contributed by atoms with Gasteiger partial charge in [-0.1, -0.05) is 0 Å². The number of carbonyl (C=O) groups excluding carboxylic acids is 3. The smallest absolute Gasteiger partial charge is 0.277 e. The van der Waals surface area contributed by atoms with Crippen LogP contribution in [-0.4, -0.2) is 32.7 Å². The van der Waals surface area contributed by atoms with Crippen molar-refractivity contribution in [3.8, 4) is 0 Å². The molecule has 2 rings (SSSR count). The van der Waals surface area contributed by atoms with Crippen LogP contribution in [0.5, 0.6) is 0 Å². The van der Waals surface area contributed by atoms with E-state index in [1.165, 1.54) is 31.2 Å². The lowest BCUT2D eigenvalue weighted by Gasteiger charge is -2.11. The fourth-order valence-corrected chi connectivity index (χ4v) is 2.38. The SMILES string of the molecule is CC(=O)Nc1ccc(C(=O)NNC(=S)NC(=O)c2cc([N+](=O)[O-])cc([N+](=O)[O-])c2)cc1. The quantitative estimate of drug-likeness (QED) is 0.299. The Hall–Kier alpha value is -4.46. The Bertz CT molecular complexity index is 1050. The lowest BCUT2D eigenvalue weighted by Crippen LogP contribution is -2.48. The van der Waals surface area contributed by atoms with Crippen molar-refractivity contribution >= 4 is 52.1 Å². The van der Waals surface area contributed by atoms with Gasteiger partial charge in [0.25, 0.3) is 23.2 Å². The van der Waals surface area contributed by atoms with Crippen molar-refractivity contribution in [1.82, 2.24) is 16.2 Å². The number of nitro benzene ring substituents is 2. The van der Waals surface area contributed by atoms with E-state index >= 15 is 0 Å². The molecule has 0 fully saturated rings. The monoisotopic (exact) mass is 446 g/mol. The molecule has 0 atom stereocenters. The Morgan fingerprint density at radius 1 is 0.839 bits per heavy atom. The average Bonchev–Trinajstić information content (AvgIpc) is 2.71. The van der Waals surface area contributed by atoms with Crippen molar-refractivity contribution < 1.29 is 24.2 Å². The molecule has 0 saturated carbocycles. The highest BCUT2D eigenvalue weighted by atomic mass is 32.1. The van der Waals surface area contributed by atoms with Crippen LogP contribution in [0, 0.1) is 20.2 Å². The Balaban J connectivity index is 1.98. The van der Waals surface area contributed by atoms with Gasteiger partial charge in [-0.25, -0.2) is 0 Å². The van der Waals surface area contributed by atoms with Gasteiger partial charge in [0.1, 0.15) is 0 Å². The molecule has 0 saturated heterocycles. The minimum absolute atomic E-state index is 0.213. The van der Waals surface area contributed by atoms with Gasteiger partial charge in [0.15, 0.2) is 5.11 Å². The first-order chi connectivity index (χ1) is 14.6. The number of thiocarbonyl (C=S) groups is 1. The largest absolute Gasteiger partial charge is 0.326 e. The summed E-state index contributed by atoms with van der Waals surface area (Å²) in [5.74, 6) is -1.84. The molecular weight excluding hydrogens is 432 g/mol. The Morgan fingerprint density at radius 2 is 1.39 bits per heavy atom. The molecule has 160 valence electrons. The molecule has 2 aromatic carbocycles. The first-order valence-electron chi connectivity index (χ1n) is 8.30. The van der Waals surface area contributed by atoms with Gasteiger partial charge in [0.2, 0.25) is 5.91 Å². The lowest BCUT2D eigenvalue weighted by molar-refractivity contribution is -0.394. The van der Waals surface area contributed by atoms with E-state index < -0.39 is 33.0 Å². The molecule has 0 heterocycles. The molecule has 3 amide bonds. The zero-order valence-corrected chi connectivity index (χ0v) is 16.5. The number of hydrogen-bond donors (Lipinski definition) is 4. The van der Waals surface area contributed by atoms with Crippen molar-refractivity contribution in [3.05, 3.63) is 73.8 Å². The highest BCUT2D eigenvalue weighted by Gasteiger charge is 2.20. The van der Waals surface area contributed by atoms with Crippen LogP contribution in [0.2, 0.25) is 0 Å². The second-order valence-electron chi connectivity index (χ2n) is 5.87. The fraction of sp³-hybridized carbons (Fsp3) is 0.0588. The van der Waals surface area contributed by atoms with Gasteiger partial charge in [-0.05, 0) is 36.5 Å². The Labute approximate surface area is 179 Å². The van der Waals surface area contributed by atoms with E-state index in [-0.39, 0.29) is 22.1 Å². The number of non-ortho nitro benzene ring substituents is 2.